The van der Waals surface area contributed by atoms with Gasteiger partial charge >= 0.3 is 0 Å². The normalized spacial score (nSPS) is 15.0. The lowest BCUT2D eigenvalue weighted by molar-refractivity contribution is 0.384. The molecular weight excluding hydrogens is 849 g/mol. The molecule has 0 radical (unpaired) electrons. The number of methoxy groups -OCH3 is 1. The molecule has 314 valence electrons. The third-order valence-electron chi connectivity index (χ3n) is 10.3. The maximum Gasteiger partial charge on any atom is 0.244 e. The first kappa shape index (κ1) is 43.4. The molecule has 0 N–H and O–H groups in total. The molecule has 61 heavy (non-hydrogen) atoms. The first-order valence-corrected chi connectivity index (χ1v) is 24.2. The largest absolute Gasteiger partial charge is 0.497 e. The molecule has 4 heterocycles. The summed E-state index contributed by atoms with van der Waals surface area (Å²) in [6.45, 7) is 5.79. The van der Waals surface area contributed by atoms with Crippen molar-refractivity contribution >= 4 is 53.0 Å². The molecule has 0 spiro atoms. The molecule has 8 rings (SSSR count). The van der Waals surface area contributed by atoms with Crippen LogP contribution in [-0.4, -0.2) is 94.9 Å². The van der Waals surface area contributed by atoms with Crippen LogP contribution in [0.2, 0.25) is 0 Å². The summed E-state index contributed by atoms with van der Waals surface area (Å²) in [5.74, 6) is 0.822. The van der Waals surface area contributed by atoms with Gasteiger partial charge < -0.3 is 14.5 Å². The van der Waals surface area contributed by atoms with E-state index in [-0.39, 0.29) is 20.9 Å². The number of ether oxygens (including phenoxy) is 1. The lowest BCUT2D eigenvalue weighted by Crippen LogP contribution is -2.48. The molecule has 2 aliphatic heterocycles. The van der Waals surface area contributed by atoms with E-state index in [4.69, 9.17) is 14.7 Å². The van der Waals surface area contributed by atoms with Gasteiger partial charge in [0.15, 0.2) is 10.3 Å². The molecule has 0 aliphatic carbocycles. The Balaban J connectivity index is 0.000000184. The van der Waals surface area contributed by atoms with E-state index in [1.165, 1.54) is 44.0 Å². The summed E-state index contributed by atoms with van der Waals surface area (Å²) >= 11 is 3.16. The Morgan fingerprint density at radius 3 is 1.49 bits per heavy atom. The molecular formula is C44H44N8O5S4. The average Bonchev–Trinajstić information content (AvgIpc) is 3.97. The zero-order valence-electron chi connectivity index (χ0n) is 33.7. The fraction of sp³-hybridized carbons (Fsp3) is 0.273. The van der Waals surface area contributed by atoms with Crippen molar-refractivity contribution in [2.24, 2.45) is 0 Å². The van der Waals surface area contributed by atoms with Crippen molar-refractivity contribution < 1.29 is 21.6 Å². The van der Waals surface area contributed by atoms with Gasteiger partial charge in [0.2, 0.25) is 20.0 Å². The van der Waals surface area contributed by atoms with Crippen LogP contribution in [0.15, 0.2) is 118 Å². The van der Waals surface area contributed by atoms with Gasteiger partial charge in [0.1, 0.15) is 17.9 Å². The van der Waals surface area contributed by atoms with E-state index in [0.29, 0.717) is 58.8 Å². The fourth-order valence-corrected chi connectivity index (χ4v) is 12.0. The van der Waals surface area contributed by atoms with Crippen molar-refractivity contribution in [1.29, 1.82) is 10.5 Å². The van der Waals surface area contributed by atoms with Crippen molar-refractivity contribution in [1.82, 2.24) is 18.6 Å². The Morgan fingerprint density at radius 1 is 0.607 bits per heavy atom. The van der Waals surface area contributed by atoms with Crippen molar-refractivity contribution in [3.05, 3.63) is 147 Å². The maximum atomic E-state index is 13.0. The van der Waals surface area contributed by atoms with Crippen LogP contribution in [-0.2, 0) is 32.9 Å². The lowest BCUT2D eigenvalue weighted by Gasteiger charge is -2.33. The van der Waals surface area contributed by atoms with E-state index >= 15 is 0 Å². The van der Waals surface area contributed by atoms with Gasteiger partial charge in [-0.15, -0.1) is 22.7 Å². The Bertz CT molecular complexity index is 2780. The lowest BCUT2D eigenvalue weighted by atomic mass is 10.1. The molecule has 6 aromatic rings. The van der Waals surface area contributed by atoms with Gasteiger partial charge in [-0.3, -0.25) is 0 Å². The fourth-order valence-electron chi connectivity index (χ4n) is 7.15. The number of rotatable bonds is 11. The molecule has 0 atom stereocenters. The minimum atomic E-state index is -3.70. The Morgan fingerprint density at radius 2 is 1.05 bits per heavy atom. The summed E-state index contributed by atoms with van der Waals surface area (Å²) in [4.78, 5) is 13.9. The number of nitriles is 2. The Hall–Kier alpha value is -5.66. The predicted molar refractivity (Wildman–Crippen MR) is 238 cm³/mol. The topological polar surface area (TPSA) is 164 Å². The Kier molecular flexibility index (Phi) is 13.8. The van der Waals surface area contributed by atoms with E-state index in [9.17, 15) is 27.4 Å². The van der Waals surface area contributed by atoms with Crippen LogP contribution in [0.4, 0.5) is 10.3 Å². The van der Waals surface area contributed by atoms with Crippen LogP contribution in [0.3, 0.4) is 0 Å². The number of aromatic nitrogens is 2. The van der Waals surface area contributed by atoms with Crippen LogP contribution in [0, 0.1) is 29.6 Å². The van der Waals surface area contributed by atoms with Gasteiger partial charge in [-0.25, -0.2) is 26.8 Å². The number of thiazole rings is 2. The number of anilines is 2. The van der Waals surface area contributed by atoms with E-state index in [1.54, 1.807) is 54.0 Å². The second-order valence-electron chi connectivity index (χ2n) is 14.4. The Labute approximate surface area is 365 Å². The standard InChI is InChI=1S/C22H22N4O3S2.C22H22N4O2S2/c1-29-20-7-4-5-17(14-20)13-19-16-30-22(24-19)25-9-11-26(12-10-25)31(27,28)21-8-3-2-6-18(21)15-23;1-17-5-4-6-18(13-17)14-20-16-29-22(24-20)25-9-11-26(12-10-25)30(27,28)21-8-3-2-7-19(21)15-23/h2-8,14,16H,9-13H2,1H3;2-8,13,16H,9-12,14H2,1H3. The molecule has 0 amide bonds. The third-order valence-corrected chi connectivity index (χ3v) is 16.1. The van der Waals surface area contributed by atoms with Gasteiger partial charge in [0, 0.05) is 76.0 Å². The van der Waals surface area contributed by atoms with Crippen LogP contribution >= 0.6 is 22.7 Å². The summed E-state index contributed by atoms with van der Waals surface area (Å²) in [5.41, 5.74) is 5.96. The SMILES string of the molecule is COc1cccc(Cc2csc(N3CCN(S(=O)(=O)c4ccccc4C#N)CC3)n2)c1.Cc1cccc(Cc2csc(N3CCN(S(=O)(=O)c4ccccc4C#N)CC3)n2)c1. The number of piperazine rings is 2. The van der Waals surface area contributed by atoms with E-state index in [1.807, 2.05) is 41.8 Å². The highest BCUT2D eigenvalue weighted by atomic mass is 32.2. The average molecular weight is 893 g/mol. The smallest absolute Gasteiger partial charge is 0.244 e. The van der Waals surface area contributed by atoms with Gasteiger partial charge in [-0.2, -0.15) is 19.1 Å². The number of aryl methyl sites for hydroxylation is 1. The monoisotopic (exact) mass is 892 g/mol. The van der Waals surface area contributed by atoms with Crippen LogP contribution in [0.25, 0.3) is 0 Å². The quantitative estimate of drug-likeness (QED) is 0.139. The van der Waals surface area contributed by atoms with Gasteiger partial charge in [0.25, 0.3) is 0 Å². The highest BCUT2D eigenvalue weighted by molar-refractivity contribution is 7.89. The number of benzene rings is 4. The summed E-state index contributed by atoms with van der Waals surface area (Å²) in [7, 11) is -5.73. The van der Waals surface area contributed by atoms with Crippen molar-refractivity contribution in [2.75, 3.05) is 69.3 Å². The van der Waals surface area contributed by atoms with Crippen LogP contribution in [0.5, 0.6) is 5.75 Å². The minimum Gasteiger partial charge on any atom is -0.497 e. The van der Waals surface area contributed by atoms with Crippen molar-refractivity contribution in [2.45, 2.75) is 29.6 Å². The number of nitrogens with zero attached hydrogens (tertiary/aromatic N) is 8. The van der Waals surface area contributed by atoms with Gasteiger partial charge in [-0.05, 0) is 54.4 Å². The summed E-state index contributed by atoms with van der Waals surface area (Å²) in [5, 5.41) is 24.4. The molecule has 2 aromatic heterocycles. The number of sulfonamides is 2. The molecule has 4 aromatic carbocycles. The molecule has 17 heteroatoms. The predicted octanol–water partition coefficient (Wildman–Crippen LogP) is 6.55. The highest BCUT2D eigenvalue weighted by Crippen LogP contribution is 2.28. The molecule has 2 saturated heterocycles. The van der Waals surface area contributed by atoms with E-state index in [2.05, 4.69) is 46.4 Å². The first-order chi connectivity index (χ1) is 29.5. The van der Waals surface area contributed by atoms with Gasteiger partial charge in [-0.1, -0.05) is 66.2 Å². The first-order valence-electron chi connectivity index (χ1n) is 19.5. The number of hydrogen-bond donors (Lipinski definition) is 0. The summed E-state index contributed by atoms with van der Waals surface area (Å²) in [6, 6.07) is 33.0. The van der Waals surface area contributed by atoms with Crippen molar-refractivity contribution in [3.63, 3.8) is 0 Å². The number of hydrogen-bond acceptors (Lipinski definition) is 13. The molecule has 2 fully saturated rings. The summed E-state index contributed by atoms with van der Waals surface area (Å²) < 4.78 is 60.2. The zero-order valence-corrected chi connectivity index (χ0v) is 37.0. The highest BCUT2D eigenvalue weighted by Gasteiger charge is 2.32. The second kappa shape index (κ2) is 19.4. The van der Waals surface area contributed by atoms with E-state index < -0.39 is 20.0 Å². The zero-order chi connectivity index (χ0) is 43.0. The van der Waals surface area contributed by atoms with Crippen LogP contribution < -0.4 is 14.5 Å². The minimum absolute atomic E-state index is 0.0702. The maximum absolute atomic E-state index is 13.0. The van der Waals surface area contributed by atoms with Crippen molar-refractivity contribution in [3.8, 4) is 17.9 Å². The second-order valence-corrected chi connectivity index (χ2v) is 19.9. The van der Waals surface area contributed by atoms with Crippen LogP contribution in [0.1, 0.15) is 39.2 Å². The molecule has 0 bridgehead atoms. The van der Waals surface area contributed by atoms with E-state index in [0.717, 1.165) is 39.4 Å². The van der Waals surface area contributed by atoms with Gasteiger partial charge in [0.05, 0.1) is 39.4 Å². The molecule has 0 saturated carbocycles. The third kappa shape index (κ3) is 10.3. The molecule has 2 aliphatic rings. The molecule has 0 unspecified atom stereocenters. The molecule has 13 nitrogen and oxygen atoms in total. The summed E-state index contributed by atoms with van der Waals surface area (Å²) in [6.07, 6.45) is 1.50.